The summed E-state index contributed by atoms with van der Waals surface area (Å²) < 4.78 is 10.7. The standard InChI is InChI=1S/C17H19NO3/c1-20-15-8-12-13(9-16(15)21-2)17(10-18)6-4-3-5-11(17)7-14(12)19/h8-9,11H,3-7H2,1-2H3/t11-,17-/m1/s1. The van der Waals surface area contributed by atoms with Crippen molar-refractivity contribution in [2.45, 2.75) is 37.5 Å². The summed E-state index contributed by atoms with van der Waals surface area (Å²) in [5.41, 5.74) is 0.928. The number of nitrogens with zero attached hydrogens (tertiary/aromatic N) is 1. The van der Waals surface area contributed by atoms with Crippen LogP contribution in [0.3, 0.4) is 0 Å². The Kier molecular flexibility index (Phi) is 3.36. The normalized spacial score (nSPS) is 27.3. The van der Waals surface area contributed by atoms with Gasteiger partial charge in [0.1, 0.15) is 0 Å². The monoisotopic (exact) mass is 285 g/mol. The molecule has 0 N–H and O–H groups in total. The molecular weight excluding hydrogens is 266 g/mol. The van der Waals surface area contributed by atoms with Crippen molar-refractivity contribution in [1.82, 2.24) is 0 Å². The van der Waals surface area contributed by atoms with Gasteiger partial charge < -0.3 is 9.47 Å². The highest BCUT2D eigenvalue weighted by Gasteiger charge is 2.49. The molecule has 110 valence electrons. The smallest absolute Gasteiger partial charge is 0.163 e. The first-order chi connectivity index (χ1) is 10.2. The quantitative estimate of drug-likeness (QED) is 0.837. The van der Waals surface area contributed by atoms with Crippen LogP contribution in [0.2, 0.25) is 0 Å². The number of Topliss-reactive ketones (excluding diaryl/α,β-unsaturated/α-hetero) is 1. The molecule has 1 aromatic carbocycles. The van der Waals surface area contributed by atoms with Gasteiger partial charge in [0.25, 0.3) is 0 Å². The fraction of sp³-hybridized carbons (Fsp3) is 0.529. The predicted octanol–water partition coefficient (Wildman–Crippen LogP) is 3.24. The number of ether oxygens (including phenoxy) is 2. The van der Waals surface area contributed by atoms with Gasteiger partial charge in [0.2, 0.25) is 0 Å². The molecule has 0 aliphatic heterocycles. The van der Waals surface area contributed by atoms with Crippen LogP contribution in [0.1, 0.15) is 48.0 Å². The molecule has 1 saturated carbocycles. The van der Waals surface area contributed by atoms with Gasteiger partial charge in [0, 0.05) is 12.0 Å². The topological polar surface area (TPSA) is 59.3 Å². The van der Waals surface area contributed by atoms with Gasteiger partial charge in [-0.2, -0.15) is 5.26 Å². The number of ketones is 1. The minimum absolute atomic E-state index is 0.115. The van der Waals surface area contributed by atoms with Gasteiger partial charge in [-0.05, 0) is 36.5 Å². The minimum Gasteiger partial charge on any atom is -0.493 e. The van der Waals surface area contributed by atoms with Crippen molar-refractivity contribution in [2.75, 3.05) is 14.2 Å². The van der Waals surface area contributed by atoms with Gasteiger partial charge in [-0.1, -0.05) is 12.8 Å². The van der Waals surface area contributed by atoms with Crippen molar-refractivity contribution >= 4 is 5.78 Å². The van der Waals surface area contributed by atoms with Crippen LogP contribution >= 0.6 is 0 Å². The Morgan fingerprint density at radius 3 is 2.62 bits per heavy atom. The average Bonchev–Trinajstić information content (AvgIpc) is 2.53. The molecule has 0 heterocycles. The molecule has 1 fully saturated rings. The van der Waals surface area contributed by atoms with E-state index >= 15 is 0 Å². The Hall–Kier alpha value is -2.02. The van der Waals surface area contributed by atoms with Crippen LogP contribution < -0.4 is 9.47 Å². The number of fused-ring (bicyclic) bond motifs is 3. The molecule has 0 amide bonds. The fourth-order valence-electron chi connectivity index (χ4n) is 3.90. The lowest BCUT2D eigenvalue weighted by Crippen LogP contribution is -2.42. The summed E-state index contributed by atoms with van der Waals surface area (Å²) in [6.45, 7) is 0. The van der Waals surface area contributed by atoms with E-state index in [4.69, 9.17) is 9.47 Å². The molecule has 3 rings (SSSR count). The third kappa shape index (κ3) is 1.91. The van der Waals surface area contributed by atoms with E-state index < -0.39 is 5.41 Å². The Morgan fingerprint density at radius 1 is 1.24 bits per heavy atom. The highest BCUT2D eigenvalue weighted by molar-refractivity contribution is 6.00. The van der Waals surface area contributed by atoms with Crippen LogP contribution in [0, 0.1) is 17.2 Å². The molecule has 0 aromatic heterocycles. The molecule has 2 aliphatic carbocycles. The maximum absolute atomic E-state index is 12.5. The van der Waals surface area contributed by atoms with E-state index in [1.807, 2.05) is 6.07 Å². The number of methoxy groups -OCH3 is 2. The number of carbonyl (C=O) groups is 1. The van der Waals surface area contributed by atoms with Gasteiger partial charge in [0.05, 0.1) is 25.7 Å². The third-order valence-corrected chi connectivity index (χ3v) is 5.01. The summed E-state index contributed by atoms with van der Waals surface area (Å²) in [6.07, 6.45) is 4.38. The third-order valence-electron chi connectivity index (χ3n) is 5.01. The molecule has 0 unspecified atom stereocenters. The first kappa shape index (κ1) is 13.9. The molecule has 1 aromatic rings. The van der Waals surface area contributed by atoms with Crippen LogP contribution in [-0.4, -0.2) is 20.0 Å². The molecular formula is C17H19NO3. The zero-order chi connectivity index (χ0) is 15.0. The molecule has 2 atom stereocenters. The van der Waals surface area contributed by atoms with Gasteiger partial charge in [-0.25, -0.2) is 0 Å². The van der Waals surface area contributed by atoms with Crippen molar-refractivity contribution in [2.24, 2.45) is 5.92 Å². The predicted molar refractivity (Wildman–Crippen MR) is 77.7 cm³/mol. The molecule has 0 radical (unpaired) electrons. The minimum atomic E-state index is -0.541. The fourth-order valence-corrected chi connectivity index (χ4v) is 3.90. The summed E-state index contributed by atoms with van der Waals surface area (Å²) in [5, 5.41) is 9.87. The Labute approximate surface area is 124 Å². The van der Waals surface area contributed by atoms with E-state index in [9.17, 15) is 10.1 Å². The SMILES string of the molecule is COc1cc2c(cc1OC)[C@@]1(C#N)CCCC[C@@H]1CC2=O. The number of hydrogen-bond donors (Lipinski definition) is 0. The zero-order valence-corrected chi connectivity index (χ0v) is 12.4. The van der Waals surface area contributed by atoms with Crippen LogP contribution in [0.15, 0.2) is 12.1 Å². The molecule has 0 spiro atoms. The number of benzene rings is 1. The summed E-state index contributed by atoms with van der Waals surface area (Å²) in [6, 6.07) is 6.11. The van der Waals surface area contributed by atoms with Crippen molar-refractivity contribution in [3.63, 3.8) is 0 Å². The Morgan fingerprint density at radius 2 is 1.95 bits per heavy atom. The summed E-state index contributed by atoms with van der Waals surface area (Å²) in [4.78, 5) is 12.5. The van der Waals surface area contributed by atoms with Crippen molar-refractivity contribution < 1.29 is 14.3 Å². The highest BCUT2D eigenvalue weighted by atomic mass is 16.5. The average molecular weight is 285 g/mol. The van der Waals surface area contributed by atoms with E-state index in [1.165, 1.54) is 0 Å². The lowest BCUT2D eigenvalue weighted by Gasteiger charge is -2.43. The maximum Gasteiger partial charge on any atom is 0.163 e. The second kappa shape index (κ2) is 5.07. The van der Waals surface area contributed by atoms with E-state index in [-0.39, 0.29) is 11.7 Å². The second-order valence-corrected chi connectivity index (χ2v) is 5.91. The Balaban J connectivity index is 2.24. The molecule has 4 nitrogen and oxygen atoms in total. The van der Waals surface area contributed by atoms with Crippen molar-refractivity contribution in [1.29, 1.82) is 5.26 Å². The van der Waals surface area contributed by atoms with E-state index in [0.717, 1.165) is 31.2 Å². The number of hydrogen-bond acceptors (Lipinski definition) is 4. The first-order valence-corrected chi connectivity index (χ1v) is 7.37. The zero-order valence-electron chi connectivity index (χ0n) is 12.4. The molecule has 0 saturated heterocycles. The van der Waals surface area contributed by atoms with Gasteiger partial charge >= 0.3 is 0 Å². The summed E-state index contributed by atoms with van der Waals surface area (Å²) >= 11 is 0. The lowest BCUT2D eigenvalue weighted by atomic mass is 9.57. The number of nitriles is 1. The molecule has 2 aliphatic rings. The van der Waals surface area contributed by atoms with E-state index in [1.54, 1.807) is 20.3 Å². The highest BCUT2D eigenvalue weighted by Crippen LogP contribution is 2.51. The summed E-state index contributed by atoms with van der Waals surface area (Å²) in [7, 11) is 3.13. The Bertz CT molecular complexity index is 632. The number of carbonyl (C=O) groups excluding carboxylic acids is 1. The maximum atomic E-state index is 12.5. The molecule has 4 heteroatoms. The second-order valence-electron chi connectivity index (χ2n) is 5.91. The molecule has 0 bridgehead atoms. The van der Waals surface area contributed by atoms with Crippen molar-refractivity contribution in [3.05, 3.63) is 23.3 Å². The van der Waals surface area contributed by atoms with Gasteiger partial charge in [0.15, 0.2) is 17.3 Å². The van der Waals surface area contributed by atoms with Crippen LogP contribution in [0.25, 0.3) is 0 Å². The largest absolute Gasteiger partial charge is 0.493 e. The summed E-state index contributed by atoms with van der Waals surface area (Å²) in [5.74, 6) is 1.38. The van der Waals surface area contributed by atoms with Crippen LogP contribution in [0.4, 0.5) is 0 Å². The van der Waals surface area contributed by atoms with E-state index in [0.29, 0.717) is 23.5 Å². The van der Waals surface area contributed by atoms with Crippen LogP contribution in [-0.2, 0) is 5.41 Å². The van der Waals surface area contributed by atoms with E-state index in [2.05, 4.69) is 6.07 Å². The van der Waals surface area contributed by atoms with Gasteiger partial charge in [-0.15, -0.1) is 0 Å². The van der Waals surface area contributed by atoms with Crippen LogP contribution in [0.5, 0.6) is 11.5 Å². The number of rotatable bonds is 2. The van der Waals surface area contributed by atoms with Gasteiger partial charge in [-0.3, -0.25) is 4.79 Å². The lowest BCUT2D eigenvalue weighted by molar-refractivity contribution is 0.0887. The first-order valence-electron chi connectivity index (χ1n) is 7.37. The molecule has 21 heavy (non-hydrogen) atoms. The van der Waals surface area contributed by atoms with Crippen molar-refractivity contribution in [3.8, 4) is 17.6 Å².